The van der Waals surface area contributed by atoms with Gasteiger partial charge in [0, 0.05) is 17.0 Å². The van der Waals surface area contributed by atoms with Crippen LogP contribution in [0.25, 0.3) is 0 Å². The first-order chi connectivity index (χ1) is 10.0. The molecule has 1 aromatic rings. The molecule has 1 aromatic carbocycles. The van der Waals surface area contributed by atoms with Crippen molar-refractivity contribution in [2.45, 2.75) is 31.7 Å². The number of hydrogen-bond acceptors (Lipinski definition) is 4. The molecule has 1 atom stereocenters. The molecular weight excluding hydrogens is 312 g/mol. The van der Waals surface area contributed by atoms with Crippen molar-refractivity contribution >= 4 is 21.6 Å². The Morgan fingerprint density at radius 2 is 2.29 bits per heavy atom. The molecule has 0 aromatic heterocycles. The molecule has 1 N–H and O–H groups in total. The Hall–Kier alpha value is -1.29. The Morgan fingerprint density at radius 1 is 1.48 bits per heavy atom. The average Bonchev–Trinajstić information content (AvgIpc) is 2.60. The minimum Gasteiger partial charge on any atom is -0.493 e. The molecule has 2 rings (SSSR count). The fourth-order valence-corrected chi connectivity index (χ4v) is 3.77. The second-order valence-electron chi connectivity index (χ2n) is 4.92. The molecule has 0 saturated heterocycles. The lowest BCUT2D eigenvalue weighted by atomic mass is 10.0. The maximum atomic E-state index is 12.1. The number of fused-ring (bicyclic) bond motifs is 1. The van der Waals surface area contributed by atoms with E-state index in [-0.39, 0.29) is 18.2 Å². The zero-order valence-corrected chi connectivity index (χ0v) is 13.1. The summed E-state index contributed by atoms with van der Waals surface area (Å²) in [4.78, 5) is 0. The molecule has 114 valence electrons. The zero-order valence-electron chi connectivity index (χ0n) is 11.5. The average molecular weight is 329 g/mol. The van der Waals surface area contributed by atoms with Crippen LogP contribution in [0.4, 0.5) is 0 Å². The zero-order chi connectivity index (χ0) is 15.3. The van der Waals surface area contributed by atoms with Gasteiger partial charge in [-0.25, -0.2) is 13.1 Å². The SMILES string of the molecule is N#CCCCS(=O)(=O)NC1CCCOc2cc(Cl)ccc21. The van der Waals surface area contributed by atoms with Gasteiger partial charge in [0.25, 0.3) is 0 Å². The molecule has 0 bridgehead atoms. The van der Waals surface area contributed by atoms with Crippen LogP contribution in [0, 0.1) is 11.3 Å². The second-order valence-corrected chi connectivity index (χ2v) is 7.23. The smallest absolute Gasteiger partial charge is 0.212 e. The number of benzene rings is 1. The first-order valence-corrected chi connectivity index (χ1v) is 8.84. The van der Waals surface area contributed by atoms with Gasteiger partial charge in [0.05, 0.1) is 24.5 Å². The molecule has 21 heavy (non-hydrogen) atoms. The van der Waals surface area contributed by atoms with E-state index in [2.05, 4.69) is 4.72 Å². The summed E-state index contributed by atoms with van der Waals surface area (Å²) in [6.07, 6.45) is 2.01. The molecule has 5 nitrogen and oxygen atoms in total. The van der Waals surface area contributed by atoms with Gasteiger partial charge >= 0.3 is 0 Å². The van der Waals surface area contributed by atoms with Gasteiger partial charge < -0.3 is 4.74 Å². The van der Waals surface area contributed by atoms with Gasteiger partial charge in [-0.2, -0.15) is 5.26 Å². The maximum absolute atomic E-state index is 12.1. The van der Waals surface area contributed by atoms with Crippen molar-refractivity contribution < 1.29 is 13.2 Å². The normalized spacial score (nSPS) is 18.2. The quantitative estimate of drug-likeness (QED) is 0.843. The van der Waals surface area contributed by atoms with Crippen molar-refractivity contribution in [2.75, 3.05) is 12.4 Å². The maximum Gasteiger partial charge on any atom is 0.212 e. The Morgan fingerprint density at radius 3 is 3.05 bits per heavy atom. The van der Waals surface area contributed by atoms with Crippen LogP contribution in [-0.2, 0) is 10.0 Å². The van der Waals surface area contributed by atoms with E-state index in [4.69, 9.17) is 21.6 Å². The van der Waals surface area contributed by atoms with Gasteiger partial charge in [-0.1, -0.05) is 17.7 Å². The van der Waals surface area contributed by atoms with Gasteiger partial charge in [-0.15, -0.1) is 0 Å². The lowest BCUT2D eigenvalue weighted by molar-refractivity contribution is 0.316. The van der Waals surface area contributed by atoms with Gasteiger partial charge in [-0.3, -0.25) is 0 Å². The Labute approximate surface area is 129 Å². The van der Waals surface area contributed by atoms with Gasteiger partial charge in [0.15, 0.2) is 0 Å². The molecular formula is C14H17ClN2O3S. The summed E-state index contributed by atoms with van der Waals surface area (Å²) < 4.78 is 32.5. The highest BCUT2D eigenvalue weighted by Gasteiger charge is 2.24. The molecule has 1 aliphatic heterocycles. The number of nitriles is 1. The summed E-state index contributed by atoms with van der Waals surface area (Å²) >= 11 is 5.95. The monoisotopic (exact) mass is 328 g/mol. The summed E-state index contributed by atoms with van der Waals surface area (Å²) in [7, 11) is -3.41. The number of hydrogen-bond donors (Lipinski definition) is 1. The van der Waals surface area contributed by atoms with Crippen LogP contribution in [0.5, 0.6) is 5.75 Å². The van der Waals surface area contributed by atoms with Crippen LogP contribution in [-0.4, -0.2) is 20.8 Å². The molecule has 0 spiro atoms. The predicted octanol–water partition coefficient (Wildman–Crippen LogP) is 2.78. The third kappa shape index (κ3) is 4.60. The van der Waals surface area contributed by atoms with Crippen molar-refractivity contribution in [3.8, 4) is 11.8 Å². The molecule has 0 fully saturated rings. The molecule has 1 unspecified atom stereocenters. The van der Waals surface area contributed by atoms with Gasteiger partial charge in [0.1, 0.15) is 5.75 Å². The van der Waals surface area contributed by atoms with Crippen LogP contribution in [0.2, 0.25) is 5.02 Å². The van der Waals surface area contributed by atoms with E-state index >= 15 is 0 Å². The number of nitrogens with zero attached hydrogens (tertiary/aromatic N) is 1. The third-order valence-corrected chi connectivity index (χ3v) is 4.97. The van der Waals surface area contributed by atoms with Crippen molar-refractivity contribution in [3.63, 3.8) is 0 Å². The third-order valence-electron chi connectivity index (χ3n) is 3.27. The van der Waals surface area contributed by atoms with E-state index in [1.54, 1.807) is 18.2 Å². The van der Waals surface area contributed by atoms with E-state index in [1.807, 2.05) is 6.07 Å². The summed E-state index contributed by atoms with van der Waals surface area (Å²) in [6, 6.07) is 6.87. The Kier molecular flexibility index (Phi) is 5.45. The number of ether oxygens (including phenoxy) is 1. The van der Waals surface area contributed by atoms with Gasteiger partial charge in [0.2, 0.25) is 10.0 Å². The Bertz CT molecular complexity index is 640. The molecule has 1 aliphatic rings. The number of halogens is 1. The van der Waals surface area contributed by atoms with Crippen LogP contribution in [0.1, 0.15) is 37.3 Å². The molecule has 0 radical (unpaired) electrons. The van der Waals surface area contributed by atoms with Crippen LogP contribution >= 0.6 is 11.6 Å². The first-order valence-electron chi connectivity index (χ1n) is 6.81. The van der Waals surface area contributed by atoms with E-state index < -0.39 is 10.0 Å². The molecule has 1 heterocycles. The van der Waals surface area contributed by atoms with Crippen LogP contribution in [0.15, 0.2) is 18.2 Å². The fraction of sp³-hybridized carbons (Fsp3) is 0.500. The van der Waals surface area contributed by atoms with Crippen molar-refractivity contribution in [1.29, 1.82) is 5.26 Å². The predicted molar refractivity (Wildman–Crippen MR) is 80.7 cm³/mol. The lowest BCUT2D eigenvalue weighted by Gasteiger charge is -2.18. The number of rotatable bonds is 5. The minimum absolute atomic E-state index is 0.0408. The highest BCUT2D eigenvalue weighted by atomic mass is 35.5. The van der Waals surface area contributed by atoms with Crippen molar-refractivity contribution in [1.82, 2.24) is 4.72 Å². The summed E-state index contributed by atoms with van der Waals surface area (Å²) in [6.45, 7) is 0.542. The number of nitrogens with one attached hydrogen (secondary N) is 1. The van der Waals surface area contributed by atoms with E-state index in [1.165, 1.54) is 0 Å². The van der Waals surface area contributed by atoms with E-state index in [9.17, 15) is 8.42 Å². The van der Waals surface area contributed by atoms with E-state index in [0.29, 0.717) is 30.2 Å². The standard InChI is InChI=1S/C14H17ClN2O3S/c15-11-5-6-12-13(4-3-8-20-14(12)10-11)17-21(18,19)9-2-1-7-16/h5-6,10,13,17H,1-4,8-9H2. The number of sulfonamides is 1. The fourth-order valence-electron chi connectivity index (χ4n) is 2.29. The topological polar surface area (TPSA) is 79.2 Å². The highest BCUT2D eigenvalue weighted by molar-refractivity contribution is 7.89. The second kappa shape index (κ2) is 7.12. The summed E-state index contributed by atoms with van der Waals surface area (Å²) in [5.74, 6) is 0.589. The van der Waals surface area contributed by atoms with Crippen LogP contribution in [0.3, 0.4) is 0 Å². The van der Waals surface area contributed by atoms with Crippen molar-refractivity contribution in [2.24, 2.45) is 0 Å². The molecule has 0 aliphatic carbocycles. The molecule has 7 heteroatoms. The number of unbranched alkanes of at least 4 members (excludes halogenated alkanes) is 1. The summed E-state index contributed by atoms with van der Waals surface area (Å²) in [5, 5.41) is 9.04. The minimum atomic E-state index is -3.41. The van der Waals surface area contributed by atoms with Crippen LogP contribution < -0.4 is 9.46 Å². The molecule has 0 amide bonds. The Balaban J connectivity index is 2.15. The highest BCUT2D eigenvalue weighted by Crippen LogP contribution is 2.34. The van der Waals surface area contributed by atoms with E-state index in [0.717, 1.165) is 12.0 Å². The van der Waals surface area contributed by atoms with Gasteiger partial charge in [-0.05, 0) is 31.4 Å². The lowest BCUT2D eigenvalue weighted by Crippen LogP contribution is -2.30. The summed E-state index contributed by atoms with van der Waals surface area (Å²) in [5.41, 5.74) is 0.806. The first kappa shape index (κ1) is 16.1. The largest absolute Gasteiger partial charge is 0.493 e. The molecule has 0 saturated carbocycles. The van der Waals surface area contributed by atoms with Crippen molar-refractivity contribution in [3.05, 3.63) is 28.8 Å².